The number of Topliss-reactive ketones (excluding diaryl/α,β-unsaturated/α-hetero) is 1. The normalized spacial score (nSPS) is 39.0. The highest BCUT2D eigenvalue weighted by Crippen LogP contribution is 2.55. The van der Waals surface area contributed by atoms with Crippen LogP contribution < -0.4 is 0 Å². The van der Waals surface area contributed by atoms with Crippen LogP contribution in [-0.4, -0.2) is 17.9 Å². The molecule has 0 amide bonds. The Morgan fingerprint density at radius 2 is 1.94 bits per heavy atom. The molecule has 18 heavy (non-hydrogen) atoms. The zero-order chi connectivity index (χ0) is 13.6. The van der Waals surface area contributed by atoms with E-state index in [1.807, 2.05) is 0 Å². The number of fused-ring (bicyclic) bond motifs is 1. The minimum Gasteiger partial charge on any atom is -0.462 e. The minimum atomic E-state index is -0.199. The van der Waals surface area contributed by atoms with E-state index in [0.29, 0.717) is 24.5 Å². The number of carbonyl (C=O) groups excluding carboxylic acids is 2. The Bertz CT molecular complexity index is 372. The van der Waals surface area contributed by atoms with Crippen LogP contribution in [0.25, 0.3) is 0 Å². The Morgan fingerprint density at radius 1 is 1.28 bits per heavy atom. The van der Waals surface area contributed by atoms with Gasteiger partial charge in [-0.3, -0.25) is 9.59 Å². The van der Waals surface area contributed by atoms with Gasteiger partial charge < -0.3 is 4.74 Å². The van der Waals surface area contributed by atoms with Gasteiger partial charge in [-0.1, -0.05) is 20.8 Å². The average molecular weight is 252 g/mol. The molecule has 0 spiro atoms. The van der Waals surface area contributed by atoms with Crippen LogP contribution in [0.1, 0.15) is 59.8 Å². The number of ketones is 1. The highest BCUT2D eigenvalue weighted by molar-refractivity contribution is 5.79. The molecule has 0 N–H and O–H groups in total. The summed E-state index contributed by atoms with van der Waals surface area (Å²) >= 11 is 0. The monoisotopic (exact) mass is 252 g/mol. The van der Waals surface area contributed by atoms with E-state index in [0.717, 1.165) is 19.3 Å². The second kappa shape index (κ2) is 4.36. The van der Waals surface area contributed by atoms with Crippen molar-refractivity contribution in [2.24, 2.45) is 16.7 Å². The first-order valence-electron chi connectivity index (χ1n) is 6.92. The SMILES string of the molecule is CC(=O)O[C@@H]1CC(C)(C)C[C@H]2CC(=O)CC[C@]21C. The number of hydrogen-bond donors (Lipinski definition) is 0. The Labute approximate surface area is 109 Å². The van der Waals surface area contributed by atoms with Crippen LogP contribution >= 0.6 is 0 Å². The lowest BCUT2D eigenvalue weighted by atomic mass is 9.53. The summed E-state index contributed by atoms with van der Waals surface area (Å²) in [6.07, 6.45) is 4.12. The first-order valence-corrected chi connectivity index (χ1v) is 6.92. The van der Waals surface area contributed by atoms with Gasteiger partial charge in [0, 0.05) is 25.2 Å². The summed E-state index contributed by atoms with van der Waals surface area (Å²) in [5.41, 5.74) is 0.150. The zero-order valence-corrected chi connectivity index (χ0v) is 11.9. The van der Waals surface area contributed by atoms with Crippen molar-refractivity contribution in [2.75, 3.05) is 0 Å². The van der Waals surface area contributed by atoms with Gasteiger partial charge in [0.15, 0.2) is 0 Å². The van der Waals surface area contributed by atoms with Crippen molar-refractivity contribution in [1.29, 1.82) is 0 Å². The van der Waals surface area contributed by atoms with Crippen LogP contribution in [0.3, 0.4) is 0 Å². The molecule has 102 valence electrons. The largest absolute Gasteiger partial charge is 0.462 e. The lowest BCUT2D eigenvalue weighted by Crippen LogP contribution is -2.52. The van der Waals surface area contributed by atoms with Crippen molar-refractivity contribution in [3.05, 3.63) is 0 Å². The van der Waals surface area contributed by atoms with E-state index in [9.17, 15) is 9.59 Å². The highest BCUT2D eigenvalue weighted by atomic mass is 16.5. The van der Waals surface area contributed by atoms with Crippen molar-refractivity contribution >= 4 is 11.8 Å². The molecule has 2 aliphatic carbocycles. The zero-order valence-electron chi connectivity index (χ0n) is 11.9. The van der Waals surface area contributed by atoms with Gasteiger partial charge in [-0.15, -0.1) is 0 Å². The predicted molar refractivity (Wildman–Crippen MR) is 69.0 cm³/mol. The Balaban J connectivity index is 2.26. The van der Waals surface area contributed by atoms with Gasteiger partial charge in [0.25, 0.3) is 0 Å². The summed E-state index contributed by atoms with van der Waals surface area (Å²) in [4.78, 5) is 23.0. The number of esters is 1. The molecule has 0 radical (unpaired) electrons. The van der Waals surface area contributed by atoms with Crippen molar-refractivity contribution in [2.45, 2.75) is 65.9 Å². The first kappa shape index (κ1) is 13.6. The molecule has 0 saturated heterocycles. The predicted octanol–water partition coefficient (Wildman–Crippen LogP) is 3.11. The number of hydrogen-bond acceptors (Lipinski definition) is 3. The lowest BCUT2D eigenvalue weighted by Gasteiger charge is -2.53. The van der Waals surface area contributed by atoms with E-state index >= 15 is 0 Å². The second-order valence-corrected chi connectivity index (χ2v) is 7.12. The van der Waals surface area contributed by atoms with Crippen molar-refractivity contribution in [3.63, 3.8) is 0 Å². The Morgan fingerprint density at radius 3 is 2.56 bits per heavy atom. The van der Waals surface area contributed by atoms with E-state index in [1.165, 1.54) is 6.92 Å². The maximum atomic E-state index is 11.7. The molecular weight excluding hydrogens is 228 g/mol. The van der Waals surface area contributed by atoms with E-state index < -0.39 is 0 Å². The molecule has 0 heterocycles. The summed E-state index contributed by atoms with van der Waals surface area (Å²) in [6, 6.07) is 0. The van der Waals surface area contributed by atoms with Gasteiger partial charge >= 0.3 is 5.97 Å². The molecule has 0 aromatic heterocycles. The van der Waals surface area contributed by atoms with Crippen LogP contribution in [0.15, 0.2) is 0 Å². The molecule has 0 aliphatic heterocycles. The van der Waals surface area contributed by atoms with Crippen LogP contribution in [0.4, 0.5) is 0 Å². The molecule has 3 nitrogen and oxygen atoms in total. The maximum Gasteiger partial charge on any atom is 0.302 e. The molecule has 2 saturated carbocycles. The molecule has 0 aromatic rings. The van der Waals surface area contributed by atoms with E-state index in [-0.39, 0.29) is 22.9 Å². The van der Waals surface area contributed by atoms with Gasteiger partial charge in [-0.25, -0.2) is 0 Å². The van der Waals surface area contributed by atoms with E-state index in [1.54, 1.807) is 0 Å². The molecule has 3 heteroatoms. The fraction of sp³-hybridized carbons (Fsp3) is 0.867. The van der Waals surface area contributed by atoms with Gasteiger partial charge in [-0.2, -0.15) is 0 Å². The third-order valence-corrected chi connectivity index (χ3v) is 4.93. The van der Waals surface area contributed by atoms with Crippen molar-refractivity contribution in [1.82, 2.24) is 0 Å². The first-order chi connectivity index (χ1) is 8.23. The van der Waals surface area contributed by atoms with Crippen LogP contribution in [-0.2, 0) is 14.3 Å². The molecule has 0 unspecified atom stereocenters. The van der Waals surface area contributed by atoms with Crippen LogP contribution in [0, 0.1) is 16.7 Å². The number of ether oxygens (including phenoxy) is 1. The summed E-state index contributed by atoms with van der Waals surface area (Å²) in [5, 5.41) is 0. The molecule has 3 atom stereocenters. The summed E-state index contributed by atoms with van der Waals surface area (Å²) in [6.45, 7) is 8.10. The van der Waals surface area contributed by atoms with E-state index in [2.05, 4.69) is 20.8 Å². The standard InChI is InChI=1S/C15H24O3/c1-10(16)18-13-9-14(2,3)8-11-7-12(17)5-6-15(11,13)4/h11,13H,5-9H2,1-4H3/t11-,13-,15-/m1/s1. The van der Waals surface area contributed by atoms with Crippen LogP contribution in [0.5, 0.6) is 0 Å². The van der Waals surface area contributed by atoms with Gasteiger partial charge in [0.1, 0.15) is 11.9 Å². The van der Waals surface area contributed by atoms with Gasteiger partial charge in [0.05, 0.1) is 0 Å². The summed E-state index contributed by atoms with van der Waals surface area (Å²) in [5.74, 6) is 0.540. The molecular formula is C15H24O3. The summed E-state index contributed by atoms with van der Waals surface area (Å²) in [7, 11) is 0. The smallest absolute Gasteiger partial charge is 0.302 e. The van der Waals surface area contributed by atoms with Crippen molar-refractivity contribution < 1.29 is 14.3 Å². The molecule has 0 aromatic carbocycles. The number of rotatable bonds is 1. The summed E-state index contributed by atoms with van der Waals surface area (Å²) < 4.78 is 5.58. The second-order valence-electron chi connectivity index (χ2n) is 7.12. The Hall–Kier alpha value is -0.860. The topological polar surface area (TPSA) is 43.4 Å². The van der Waals surface area contributed by atoms with Crippen LogP contribution in [0.2, 0.25) is 0 Å². The molecule has 0 bridgehead atoms. The average Bonchev–Trinajstić information content (AvgIpc) is 2.20. The molecule has 2 rings (SSSR count). The van der Waals surface area contributed by atoms with Crippen molar-refractivity contribution in [3.8, 4) is 0 Å². The Kier molecular flexibility index (Phi) is 3.28. The lowest BCUT2D eigenvalue weighted by molar-refractivity contribution is -0.172. The number of carbonyl (C=O) groups is 2. The molecule has 2 fully saturated rings. The van der Waals surface area contributed by atoms with Gasteiger partial charge in [0.2, 0.25) is 0 Å². The fourth-order valence-corrected chi connectivity index (χ4v) is 3.81. The quantitative estimate of drug-likeness (QED) is 0.673. The highest BCUT2D eigenvalue weighted by Gasteiger charge is 2.53. The minimum absolute atomic E-state index is 0.00486. The maximum absolute atomic E-state index is 11.7. The fourth-order valence-electron chi connectivity index (χ4n) is 3.81. The third-order valence-electron chi connectivity index (χ3n) is 4.93. The molecule has 2 aliphatic rings. The third kappa shape index (κ3) is 2.45. The van der Waals surface area contributed by atoms with Gasteiger partial charge in [-0.05, 0) is 30.6 Å². The van der Waals surface area contributed by atoms with E-state index in [4.69, 9.17) is 4.74 Å².